The number of benzene rings is 1. The zero-order valence-electron chi connectivity index (χ0n) is 10.5. The molecule has 0 aliphatic carbocycles. The number of halogens is 1. The zero-order valence-corrected chi connectivity index (χ0v) is 10.5. The number of para-hydroxylation sites is 1. The summed E-state index contributed by atoms with van der Waals surface area (Å²) in [6.45, 7) is -0.451. The molecular formula is C13H13FN2O4. The van der Waals surface area contributed by atoms with Crippen LogP contribution in [0, 0.1) is 0 Å². The van der Waals surface area contributed by atoms with Gasteiger partial charge in [-0.3, -0.25) is 14.3 Å². The first-order chi connectivity index (χ1) is 9.61. The highest BCUT2D eigenvalue weighted by atomic mass is 19.1. The Balaban J connectivity index is 2.18. The maximum absolute atomic E-state index is 13.7. The van der Waals surface area contributed by atoms with Crippen LogP contribution in [0.4, 0.5) is 4.39 Å². The third kappa shape index (κ3) is 1.95. The first kappa shape index (κ1) is 13.0. The predicted octanol–water partition coefficient (Wildman–Crippen LogP) is 0.308. The first-order valence-electron chi connectivity index (χ1n) is 6.25. The van der Waals surface area contributed by atoms with Crippen molar-refractivity contribution < 1.29 is 14.2 Å². The molecule has 106 valence electrons. The molecule has 0 unspecified atom stereocenters. The predicted molar refractivity (Wildman–Crippen MR) is 69.3 cm³/mol. The van der Waals surface area contributed by atoms with Crippen LogP contribution >= 0.6 is 0 Å². The molecule has 1 fully saturated rings. The molecule has 1 aromatic heterocycles. The number of aliphatic hydroxyl groups excluding tert-OH is 1. The van der Waals surface area contributed by atoms with E-state index in [0.29, 0.717) is 10.9 Å². The minimum absolute atomic E-state index is 0.0405. The third-order valence-corrected chi connectivity index (χ3v) is 3.48. The van der Waals surface area contributed by atoms with Gasteiger partial charge in [-0.05, 0) is 12.1 Å². The topological polar surface area (TPSA) is 84.3 Å². The van der Waals surface area contributed by atoms with Crippen molar-refractivity contribution in [3.05, 3.63) is 45.1 Å². The molecule has 3 atom stereocenters. The van der Waals surface area contributed by atoms with Gasteiger partial charge >= 0.3 is 5.69 Å². The number of aromatic amines is 1. The van der Waals surface area contributed by atoms with Gasteiger partial charge < -0.3 is 9.84 Å². The van der Waals surface area contributed by atoms with Crippen molar-refractivity contribution in [3.63, 3.8) is 0 Å². The largest absolute Gasteiger partial charge is 0.394 e. The van der Waals surface area contributed by atoms with E-state index in [9.17, 15) is 14.0 Å². The van der Waals surface area contributed by atoms with Crippen LogP contribution < -0.4 is 11.2 Å². The Kier molecular flexibility index (Phi) is 3.15. The molecule has 1 saturated heterocycles. The average Bonchev–Trinajstić information content (AvgIpc) is 2.80. The molecule has 2 N–H and O–H groups in total. The summed E-state index contributed by atoms with van der Waals surface area (Å²) in [5.41, 5.74) is -0.753. The summed E-state index contributed by atoms with van der Waals surface area (Å²) in [5.74, 6) is 0. The number of alkyl halides is 1. The minimum Gasteiger partial charge on any atom is -0.394 e. The molecule has 0 radical (unpaired) electrons. The lowest BCUT2D eigenvalue weighted by Crippen LogP contribution is -2.33. The number of hydrogen-bond acceptors (Lipinski definition) is 4. The fourth-order valence-corrected chi connectivity index (χ4v) is 2.51. The molecule has 3 rings (SSSR count). The highest BCUT2D eigenvalue weighted by Crippen LogP contribution is 2.31. The normalized spacial score (nSPS) is 26.2. The lowest BCUT2D eigenvalue weighted by atomic mass is 10.2. The van der Waals surface area contributed by atoms with Crippen molar-refractivity contribution in [3.8, 4) is 0 Å². The van der Waals surface area contributed by atoms with E-state index in [1.165, 1.54) is 4.57 Å². The summed E-state index contributed by atoms with van der Waals surface area (Å²) in [6, 6.07) is 6.55. The van der Waals surface area contributed by atoms with Gasteiger partial charge in [0.1, 0.15) is 18.5 Å². The molecule has 0 saturated carbocycles. The summed E-state index contributed by atoms with van der Waals surface area (Å²) < 4.78 is 20.2. The molecular weight excluding hydrogens is 267 g/mol. The number of nitrogens with zero attached hydrogens (tertiary/aromatic N) is 1. The monoisotopic (exact) mass is 280 g/mol. The van der Waals surface area contributed by atoms with Gasteiger partial charge in [0.15, 0.2) is 0 Å². The number of ether oxygens (including phenoxy) is 1. The molecule has 20 heavy (non-hydrogen) atoms. The van der Waals surface area contributed by atoms with Crippen molar-refractivity contribution in [1.82, 2.24) is 9.55 Å². The number of hydrogen-bond donors (Lipinski definition) is 2. The van der Waals surface area contributed by atoms with Crippen LogP contribution in [0.1, 0.15) is 12.6 Å². The van der Waals surface area contributed by atoms with Crippen molar-refractivity contribution in [2.75, 3.05) is 6.61 Å². The Hall–Kier alpha value is -1.99. The number of rotatable bonds is 2. The van der Waals surface area contributed by atoms with Crippen LogP contribution in [-0.4, -0.2) is 33.5 Å². The van der Waals surface area contributed by atoms with Crippen molar-refractivity contribution >= 4 is 10.9 Å². The van der Waals surface area contributed by atoms with Crippen LogP contribution in [0.15, 0.2) is 33.9 Å². The van der Waals surface area contributed by atoms with E-state index >= 15 is 0 Å². The lowest BCUT2D eigenvalue weighted by molar-refractivity contribution is -0.0337. The Bertz CT molecular complexity index is 754. The van der Waals surface area contributed by atoms with Gasteiger partial charge in [-0.2, -0.15) is 0 Å². The summed E-state index contributed by atoms with van der Waals surface area (Å²) in [7, 11) is 0. The maximum atomic E-state index is 13.7. The van der Waals surface area contributed by atoms with Gasteiger partial charge in [-0.15, -0.1) is 0 Å². The van der Waals surface area contributed by atoms with Gasteiger partial charge in [0.25, 0.3) is 5.56 Å². The Morgan fingerprint density at radius 1 is 1.40 bits per heavy atom. The quantitative estimate of drug-likeness (QED) is 0.829. The highest BCUT2D eigenvalue weighted by Gasteiger charge is 2.37. The second-order valence-corrected chi connectivity index (χ2v) is 4.71. The average molecular weight is 280 g/mol. The second kappa shape index (κ2) is 4.84. The van der Waals surface area contributed by atoms with Crippen LogP contribution in [0.2, 0.25) is 0 Å². The highest BCUT2D eigenvalue weighted by molar-refractivity contribution is 5.77. The van der Waals surface area contributed by atoms with E-state index < -0.39 is 36.4 Å². The van der Waals surface area contributed by atoms with E-state index in [0.717, 1.165) is 0 Å². The Morgan fingerprint density at radius 2 is 2.15 bits per heavy atom. The summed E-state index contributed by atoms with van der Waals surface area (Å²) in [5, 5.41) is 9.35. The first-order valence-corrected chi connectivity index (χ1v) is 6.25. The molecule has 7 heteroatoms. The smallest absolute Gasteiger partial charge is 0.330 e. The van der Waals surface area contributed by atoms with E-state index in [2.05, 4.69) is 4.98 Å². The standard InChI is InChI=1S/C13H13FN2O4/c14-8-5-11(20-10(8)6-17)16-9-4-2-1-3-7(9)12(18)15-13(16)19/h1-4,8,10-11,17H,5-6H2,(H,15,18,19)/t8-,10+,11+/m0/s1. The Labute approximate surface area is 112 Å². The number of aliphatic hydroxyl groups is 1. The lowest BCUT2D eigenvalue weighted by Gasteiger charge is -2.16. The van der Waals surface area contributed by atoms with E-state index in [1.54, 1.807) is 24.3 Å². The van der Waals surface area contributed by atoms with Crippen LogP contribution in [-0.2, 0) is 4.74 Å². The van der Waals surface area contributed by atoms with Crippen LogP contribution in [0.25, 0.3) is 10.9 Å². The molecule has 2 heterocycles. The second-order valence-electron chi connectivity index (χ2n) is 4.71. The molecule has 1 aromatic carbocycles. The maximum Gasteiger partial charge on any atom is 0.330 e. The van der Waals surface area contributed by atoms with Gasteiger partial charge in [0.05, 0.1) is 17.5 Å². The fraction of sp³-hybridized carbons (Fsp3) is 0.385. The van der Waals surface area contributed by atoms with Gasteiger partial charge in [-0.25, -0.2) is 9.18 Å². The number of fused-ring (bicyclic) bond motifs is 1. The summed E-state index contributed by atoms with van der Waals surface area (Å²) in [4.78, 5) is 25.9. The van der Waals surface area contributed by atoms with E-state index in [4.69, 9.17) is 9.84 Å². The van der Waals surface area contributed by atoms with E-state index in [1.807, 2.05) is 0 Å². The third-order valence-electron chi connectivity index (χ3n) is 3.48. The molecule has 1 aliphatic heterocycles. The van der Waals surface area contributed by atoms with Gasteiger partial charge in [-0.1, -0.05) is 12.1 Å². The van der Waals surface area contributed by atoms with E-state index in [-0.39, 0.29) is 6.42 Å². The molecule has 0 amide bonds. The van der Waals surface area contributed by atoms with Crippen molar-refractivity contribution in [2.45, 2.75) is 24.9 Å². The molecule has 2 aromatic rings. The minimum atomic E-state index is -1.34. The molecule has 0 spiro atoms. The van der Waals surface area contributed by atoms with Gasteiger partial charge in [0, 0.05) is 6.42 Å². The summed E-state index contributed by atoms with van der Waals surface area (Å²) in [6.07, 6.45) is -3.17. The van der Waals surface area contributed by atoms with Crippen molar-refractivity contribution in [1.29, 1.82) is 0 Å². The van der Waals surface area contributed by atoms with Gasteiger partial charge in [0.2, 0.25) is 0 Å². The summed E-state index contributed by atoms with van der Waals surface area (Å²) >= 11 is 0. The van der Waals surface area contributed by atoms with Crippen molar-refractivity contribution in [2.24, 2.45) is 0 Å². The zero-order chi connectivity index (χ0) is 14.3. The molecule has 6 nitrogen and oxygen atoms in total. The Morgan fingerprint density at radius 3 is 2.85 bits per heavy atom. The molecule has 1 aliphatic rings. The molecule has 0 bridgehead atoms. The number of H-pyrrole nitrogens is 1. The van der Waals surface area contributed by atoms with Crippen LogP contribution in [0.3, 0.4) is 0 Å². The SMILES string of the molecule is O=c1[nH]c(=O)n([C@H]2C[C@H](F)[C@@H](CO)O2)c2ccccc12. The number of aromatic nitrogens is 2. The number of nitrogens with one attached hydrogen (secondary N) is 1. The van der Waals surface area contributed by atoms with Crippen LogP contribution in [0.5, 0.6) is 0 Å². The fourth-order valence-electron chi connectivity index (χ4n) is 2.51.